The van der Waals surface area contributed by atoms with Crippen LogP contribution in [0.4, 0.5) is 4.39 Å². The summed E-state index contributed by atoms with van der Waals surface area (Å²) in [5.41, 5.74) is 2.05. The third kappa shape index (κ3) is 6.16. The van der Waals surface area contributed by atoms with E-state index in [2.05, 4.69) is 0 Å². The Bertz CT molecular complexity index is 1120. The Balaban J connectivity index is 1.54. The minimum absolute atomic E-state index is 0.0322. The summed E-state index contributed by atoms with van der Waals surface area (Å²) in [7, 11) is 0. The molecule has 0 saturated heterocycles. The van der Waals surface area contributed by atoms with Crippen molar-refractivity contribution in [3.8, 4) is 17.6 Å². The number of carbonyl (C=O) groups is 1. The number of nitriles is 1. The molecule has 6 nitrogen and oxygen atoms in total. The van der Waals surface area contributed by atoms with Crippen molar-refractivity contribution in [3.05, 3.63) is 95.3 Å². The van der Waals surface area contributed by atoms with Crippen molar-refractivity contribution in [3.63, 3.8) is 0 Å². The van der Waals surface area contributed by atoms with Crippen molar-refractivity contribution in [2.24, 2.45) is 0 Å². The van der Waals surface area contributed by atoms with E-state index in [1.165, 1.54) is 12.1 Å². The van der Waals surface area contributed by atoms with E-state index in [0.717, 1.165) is 17.2 Å². The lowest BCUT2D eigenvalue weighted by Crippen LogP contribution is -2.11. The zero-order valence-electron chi connectivity index (χ0n) is 17.1. The fourth-order valence-corrected chi connectivity index (χ4v) is 3.01. The highest BCUT2D eigenvalue weighted by molar-refractivity contribution is 5.99. The Morgan fingerprint density at radius 3 is 2.34 bits per heavy atom. The summed E-state index contributed by atoms with van der Waals surface area (Å²) in [6, 6.07) is 22.3. The molecule has 0 fully saturated rings. The molecule has 0 amide bonds. The van der Waals surface area contributed by atoms with Crippen LogP contribution in [0.1, 0.15) is 29.0 Å². The van der Waals surface area contributed by atoms with E-state index in [0.29, 0.717) is 11.5 Å². The summed E-state index contributed by atoms with van der Waals surface area (Å²) in [6.45, 7) is 0.340. The number of rotatable bonds is 10. The van der Waals surface area contributed by atoms with Crippen LogP contribution in [0.3, 0.4) is 0 Å². The van der Waals surface area contributed by atoms with Crippen LogP contribution in [-0.4, -0.2) is 23.4 Å². The van der Waals surface area contributed by atoms with Crippen LogP contribution in [0.2, 0.25) is 0 Å². The Labute approximate surface area is 185 Å². The first-order valence-corrected chi connectivity index (χ1v) is 9.84. The molecule has 0 aliphatic carbocycles. The van der Waals surface area contributed by atoms with Crippen molar-refractivity contribution in [1.29, 1.82) is 10.7 Å². The summed E-state index contributed by atoms with van der Waals surface area (Å²) < 4.78 is 25.6. The molecule has 0 aromatic heterocycles. The minimum Gasteiger partial charge on any atom is -0.489 e. The van der Waals surface area contributed by atoms with Gasteiger partial charge in [0.1, 0.15) is 30.5 Å². The number of halogens is 1. The van der Waals surface area contributed by atoms with Crippen LogP contribution in [0.15, 0.2) is 72.8 Å². The Kier molecular flexibility index (Phi) is 7.55. The van der Waals surface area contributed by atoms with Gasteiger partial charge in [0.05, 0.1) is 24.1 Å². The van der Waals surface area contributed by atoms with Gasteiger partial charge in [-0.05, 0) is 29.3 Å². The molecule has 0 radical (unpaired) electrons. The molecular weight excluding hydrogens is 411 g/mol. The Hall–Kier alpha value is -4.18. The number of aliphatic carboxylic acids is 1. The SMILES string of the molecule is N#CC(CC(=O)O)c1ccc(OCc2ccc(OCC(=N)c3ccccc3)cc2)cc1F. The molecule has 1 unspecified atom stereocenters. The molecule has 0 saturated carbocycles. The minimum atomic E-state index is -1.17. The highest BCUT2D eigenvalue weighted by Crippen LogP contribution is 2.26. The van der Waals surface area contributed by atoms with E-state index in [4.69, 9.17) is 25.3 Å². The van der Waals surface area contributed by atoms with E-state index in [-0.39, 0.29) is 24.5 Å². The Morgan fingerprint density at radius 1 is 1.03 bits per heavy atom. The molecule has 162 valence electrons. The van der Waals surface area contributed by atoms with Gasteiger partial charge < -0.3 is 20.0 Å². The van der Waals surface area contributed by atoms with E-state index in [1.54, 1.807) is 12.1 Å². The molecular formula is C25H21FN2O4. The van der Waals surface area contributed by atoms with Crippen LogP contribution >= 0.6 is 0 Å². The third-order valence-electron chi connectivity index (χ3n) is 4.72. The van der Waals surface area contributed by atoms with Gasteiger partial charge >= 0.3 is 5.97 Å². The monoisotopic (exact) mass is 432 g/mol. The molecule has 0 spiro atoms. The lowest BCUT2D eigenvalue weighted by atomic mass is 9.96. The van der Waals surface area contributed by atoms with Gasteiger partial charge in [-0.2, -0.15) is 5.26 Å². The smallest absolute Gasteiger partial charge is 0.305 e. The second kappa shape index (κ2) is 10.7. The summed E-state index contributed by atoms with van der Waals surface area (Å²) >= 11 is 0. The number of ether oxygens (including phenoxy) is 2. The van der Waals surface area contributed by atoms with E-state index in [1.807, 2.05) is 48.5 Å². The molecule has 0 aliphatic rings. The van der Waals surface area contributed by atoms with Crippen LogP contribution in [0, 0.1) is 22.6 Å². The second-order valence-electron chi connectivity index (χ2n) is 7.03. The van der Waals surface area contributed by atoms with Crippen molar-refractivity contribution < 1.29 is 23.8 Å². The first-order chi connectivity index (χ1) is 15.5. The maximum absolute atomic E-state index is 14.3. The van der Waals surface area contributed by atoms with E-state index < -0.39 is 24.1 Å². The predicted octanol–water partition coefficient (Wildman–Crippen LogP) is 4.93. The number of benzene rings is 3. The van der Waals surface area contributed by atoms with Gasteiger partial charge in [0.2, 0.25) is 0 Å². The maximum atomic E-state index is 14.3. The normalized spacial score (nSPS) is 11.2. The van der Waals surface area contributed by atoms with Gasteiger partial charge in [-0.1, -0.05) is 48.5 Å². The molecule has 7 heteroatoms. The maximum Gasteiger partial charge on any atom is 0.305 e. The first-order valence-electron chi connectivity index (χ1n) is 9.84. The molecule has 2 N–H and O–H groups in total. The predicted molar refractivity (Wildman–Crippen MR) is 117 cm³/mol. The summed E-state index contributed by atoms with van der Waals surface area (Å²) in [5, 5.41) is 26.0. The number of hydrogen-bond acceptors (Lipinski definition) is 5. The first kappa shape index (κ1) is 22.5. The van der Waals surface area contributed by atoms with Crippen molar-refractivity contribution in [2.45, 2.75) is 18.9 Å². The quantitative estimate of drug-likeness (QED) is 0.442. The van der Waals surface area contributed by atoms with E-state index >= 15 is 0 Å². The van der Waals surface area contributed by atoms with Gasteiger partial charge in [-0.25, -0.2) is 4.39 Å². The third-order valence-corrected chi connectivity index (χ3v) is 4.72. The Morgan fingerprint density at radius 2 is 1.72 bits per heavy atom. The number of hydrogen-bond donors (Lipinski definition) is 2. The molecule has 32 heavy (non-hydrogen) atoms. The van der Waals surface area contributed by atoms with Crippen molar-refractivity contribution in [2.75, 3.05) is 6.61 Å². The number of nitrogens with zero attached hydrogens (tertiary/aromatic N) is 1. The zero-order valence-corrected chi connectivity index (χ0v) is 17.1. The highest BCUT2D eigenvalue weighted by atomic mass is 19.1. The van der Waals surface area contributed by atoms with E-state index in [9.17, 15) is 9.18 Å². The fourth-order valence-electron chi connectivity index (χ4n) is 3.01. The average molecular weight is 432 g/mol. The summed E-state index contributed by atoms with van der Waals surface area (Å²) in [6.07, 6.45) is -0.465. The van der Waals surface area contributed by atoms with Gasteiger partial charge in [-0.15, -0.1) is 0 Å². The molecule has 3 rings (SSSR count). The van der Waals surface area contributed by atoms with Gasteiger partial charge in [0, 0.05) is 11.6 Å². The molecule has 0 bridgehead atoms. The lowest BCUT2D eigenvalue weighted by Gasteiger charge is -2.12. The largest absolute Gasteiger partial charge is 0.489 e. The van der Waals surface area contributed by atoms with Crippen LogP contribution in [-0.2, 0) is 11.4 Å². The molecule has 1 atom stereocenters. The van der Waals surface area contributed by atoms with Gasteiger partial charge in [-0.3, -0.25) is 4.79 Å². The van der Waals surface area contributed by atoms with Gasteiger partial charge in [0.15, 0.2) is 0 Å². The number of carboxylic acids is 1. The van der Waals surface area contributed by atoms with Crippen molar-refractivity contribution >= 4 is 11.7 Å². The van der Waals surface area contributed by atoms with Crippen LogP contribution < -0.4 is 9.47 Å². The van der Waals surface area contributed by atoms with Crippen LogP contribution in [0.5, 0.6) is 11.5 Å². The highest BCUT2D eigenvalue weighted by Gasteiger charge is 2.19. The number of carboxylic acid groups (broad SMARTS) is 1. The fraction of sp³-hybridized carbons (Fsp3) is 0.160. The zero-order chi connectivity index (χ0) is 22.9. The topological polar surface area (TPSA) is 103 Å². The standard InChI is InChI=1S/C25H21FN2O4/c26-23-13-21(10-11-22(23)19(14-27)12-25(29)30)31-15-17-6-8-20(9-7-17)32-16-24(28)18-4-2-1-3-5-18/h1-11,13,19,28H,12,15-16H2,(H,29,30). The molecule has 0 aliphatic heterocycles. The van der Waals surface area contributed by atoms with Gasteiger partial charge in [0.25, 0.3) is 0 Å². The second-order valence-corrected chi connectivity index (χ2v) is 7.03. The molecule has 0 heterocycles. The lowest BCUT2D eigenvalue weighted by molar-refractivity contribution is -0.137. The summed E-state index contributed by atoms with van der Waals surface area (Å²) in [4.78, 5) is 10.8. The molecule has 3 aromatic carbocycles. The average Bonchev–Trinajstić information content (AvgIpc) is 2.81. The van der Waals surface area contributed by atoms with Crippen LogP contribution in [0.25, 0.3) is 0 Å². The summed E-state index contributed by atoms with van der Waals surface area (Å²) in [5.74, 6) is -2.02. The number of nitrogens with one attached hydrogen (secondary N) is 1. The van der Waals surface area contributed by atoms with Crippen molar-refractivity contribution in [1.82, 2.24) is 0 Å². The molecule has 3 aromatic rings.